The van der Waals surface area contributed by atoms with E-state index in [9.17, 15) is 9.59 Å². The molecule has 2 amide bonds. The second-order valence-electron chi connectivity index (χ2n) is 7.58. The van der Waals surface area contributed by atoms with Gasteiger partial charge in [0.2, 0.25) is 0 Å². The number of para-hydroxylation sites is 1. The van der Waals surface area contributed by atoms with Crippen LogP contribution in [0.15, 0.2) is 53.7 Å². The number of nitrogens with zero attached hydrogens (tertiary/aromatic N) is 1. The molecule has 2 aliphatic heterocycles. The first-order valence-corrected chi connectivity index (χ1v) is 9.77. The average Bonchev–Trinajstić information content (AvgIpc) is 3.10. The zero-order chi connectivity index (χ0) is 20.5. The summed E-state index contributed by atoms with van der Waals surface area (Å²) in [4.78, 5) is 27.5. The van der Waals surface area contributed by atoms with E-state index in [4.69, 9.17) is 4.74 Å². The molecule has 0 radical (unpaired) electrons. The van der Waals surface area contributed by atoms with Crippen molar-refractivity contribution in [2.45, 2.75) is 26.3 Å². The minimum Gasteiger partial charge on any atom is -0.466 e. The average molecular weight is 391 g/mol. The third-order valence-corrected chi connectivity index (χ3v) is 5.63. The largest absolute Gasteiger partial charge is 0.466 e. The molecule has 0 spiro atoms. The Bertz CT molecular complexity index is 1010. The maximum absolute atomic E-state index is 12.8. The molecule has 0 saturated heterocycles. The summed E-state index contributed by atoms with van der Waals surface area (Å²) in [6.07, 6.45) is 0.948. The summed E-state index contributed by atoms with van der Waals surface area (Å²) in [5.74, 6) is -0.440. The fraction of sp³-hybridized carbons (Fsp3) is 0.304. The highest BCUT2D eigenvalue weighted by Crippen LogP contribution is 2.33. The molecule has 2 aromatic carbocycles. The minimum absolute atomic E-state index is 0.315. The van der Waals surface area contributed by atoms with Crippen LogP contribution in [0.2, 0.25) is 0 Å². The van der Waals surface area contributed by atoms with Gasteiger partial charge in [-0.05, 0) is 43.0 Å². The van der Waals surface area contributed by atoms with E-state index < -0.39 is 12.0 Å². The van der Waals surface area contributed by atoms with E-state index in [1.165, 1.54) is 12.7 Å². The normalized spacial score (nSPS) is 18.2. The maximum atomic E-state index is 12.8. The number of carbonyl (C=O) groups excluding carboxylic acids is 2. The Labute approximate surface area is 170 Å². The van der Waals surface area contributed by atoms with Crippen LogP contribution in [-0.2, 0) is 16.0 Å². The van der Waals surface area contributed by atoms with Gasteiger partial charge < -0.3 is 20.3 Å². The molecule has 1 atom stereocenters. The number of nitrogens with one attached hydrogen (secondary N) is 2. The lowest BCUT2D eigenvalue weighted by Crippen LogP contribution is -2.48. The van der Waals surface area contributed by atoms with Crippen molar-refractivity contribution >= 4 is 17.7 Å². The number of fused-ring (bicyclic) bond motifs is 1. The van der Waals surface area contributed by atoms with Crippen LogP contribution in [0.1, 0.15) is 28.3 Å². The van der Waals surface area contributed by atoms with Crippen molar-refractivity contribution in [3.8, 4) is 0 Å². The molecule has 2 N–H and O–H groups in total. The van der Waals surface area contributed by atoms with Gasteiger partial charge in [0, 0.05) is 12.2 Å². The van der Waals surface area contributed by atoms with Gasteiger partial charge in [0.25, 0.3) is 0 Å². The highest BCUT2D eigenvalue weighted by Gasteiger charge is 2.35. The highest BCUT2D eigenvalue weighted by molar-refractivity contribution is 5.95. The number of carbonyl (C=O) groups is 2. The SMILES string of the molecule is COC(=O)C1=C(CN2CCc3ccccc32)NC(=O)N[C@@H]1c1ccc(C)cc1C. The molecule has 29 heavy (non-hydrogen) atoms. The molecule has 2 aliphatic rings. The number of hydrogen-bond acceptors (Lipinski definition) is 4. The summed E-state index contributed by atoms with van der Waals surface area (Å²) in [5, 5.41) is 5.76. The van der Waals surface area contributed by atoms with Gasteiger partial charge in [-0.2, -0.15) is 0 Å². The van der Waals surface area contributed by atoms with Crippen molar-refractivity contribution in [3.63, 3.8) is 0 Å². The summed E-state index contributed by atoms with van der Waals surface area (Å²) in [6, 6.07) is 13.4. The van der Waals surface area contributed by atoms with E-state index >= 15 is 0 Å². The fourth-order valence-electron chi connectivity index (χ4n) is 4.24. The molecule has 6 heteroatoms. The third-order valence-electron chi connectivity index (χ3n) is 5.63. The Morgan fingerprint density at radius 2 is 2.00 bits per heavy atom. The predicted octanol–water partition coefficient (Wildman–Crippen LogP) is 3.15. The lowest BCUT2D eigenvalue weighted by molar-refractivity contribution is -0.136. The van der Waals surface area contributed by atoms with E-state index in [-0.39, 0.29) is 6.03 Å². The number of methoxy groups -OCH3 is 1. The molecule has 0 fully saturated rings. The van der Waals surface area contributed by atoms with E-state index in [0.29, 0.717) is 17.8 Å². The predicted molar refractivity (Wildman–Crippen MR) is 112 cm³/mol. The molecule has 2 aromatic rings. The van der Waals surface area contributed by atoms with Crippen LogP contribution in [0.5, 0.6) is 0 Å². The lowest BCUT2D eigenvalue weighted by Gasteiger charge is -2.32. The Morgan fingerprint density at radius 1 is 1.21 bits per heavy atom. The monoisotopic (exact) mass is 391 g/mol. The van der Waals surface area contributed by atoms with E-state index in [1.807, 2.05) is 38.1 Å². The van der Waals surface area contributed by atoms with Gasteiger partial charge in [-0.25, -0.2) is 9.59 Å². The standard InChI is InChI=1S/C23H25N3O3/c1-14-8-9-17(15(2)12-14)21-20(22(27)29-3)18(24-23(28)25-21)13-26-11-10-16-6-4-5-7-19(16)26/h4-9,12,21H,10-11,13H2,1-3H3,(H2,24,25,28)/t21-/m1/s1. The van der Waals surface area contributed by atoms with Gasteiger partial charge in [-0.1, -0.05) is 42.0 Å². The topological polar surface area (TPSA) is 70.7 Å². The van der Waals surface area contributed by atoms with Crippen LogP contribution >= 0.6 is 0 Å². The number of ether oxygens (including phenoxy) is 1. The summed E-state index contributed by atoms with van der Waals surface area (Å²) >= 11 is 0. The number of rotatable bonds is 4. The first kappa shape index (κ1) is 19.1. The number of urea groups is 1. The number of amides is 2. The molecular weight excluding hydrogens is 366 g/mol. The number of aryl methyl sites for hydroxylation is 2. The Balaban J connectivity index is 1.76. The van der Waals surface area contributed by atoms with Crippen molar-refractivity contribution in [2.75, 3.05) is 25.1 Å². The van der Waals surface area contributed by atoms with Gasteiger partial charge in [0.05, 0.1) is 31.0 Å². The zero-order valence-electron chi connectivity index (χ0n) is 16.9. The van der Waals surface area contributed by atoms with Gasteiger partial charge >= 0.3 is 12.0 Å². The summed E-state index contributed by atoms with van der Waals surface area (Å²) in [5.41, 5.74) is 6.49. The summed E-state index contributed by atoms with van der Waals surface area (Å²) < 4.78 is 5.10. The van der Waals surface area contributed by atoms with Gasteiger partial charge in [-0.3, -0.25) is 0 Å². The number of hydrogen-bond donors (Lipinski definition) is 2. The quantitative estimate of drug-likeness (QED) is 0.786. The van der Waals surface area contributed by atoms with Crippen LogP contribution in [0, 0.1) is 13.8 Å². The molecule has 0 bridgehead atoms. The fourth-order valence-corrected chi connectivity index (χ4v) is 4.24. The molecule has 150 valence electrons. The Morgan fingerprint density at radius 3 is 2.76 bits per heavy atom. The van der Waals surface area contributed by atoms with E-state index in [1.54, 1.807) is 0 Å². The smallest absolute Gasteiger partial charge is 0.338 e. The molecule has 0 unspecified atom stereocenters. The molecule has 0 aliphatic carbocycles. The van der Waals surface area contributed by atoms with Gasteiger partial charge in [0.1, 0.15) is 0 Å². The Kier molecular flexibility index (Phi) is 5.01. The first-order valence-electron chi connectivity index (χ1n) is 9.77. The molecule has 0 aromatic heterocycles. The Hall–Kier alpha value is -3.28. The first-order chi connectivity index (χ1) is 14.0. The van der Waals surface area contributed by atoms with Crippen molar-refractivity contribution in [1.29, 1.82) is 0 Å². The molecule has 4 rings (SSSR count). The second kappa shape index (κ2) is 7.62. The number of benzene rings is 2. The zero-order valence-corrected chi connectivity index (χ0v) is 16.9. The summed E-state index contributed by atoms with van der Waals surface area (Å²) in [7, 11) is 1.37. The third kappa shape index (κ3) is 3.58. The van der Waals surface area contributed by atoms with Crippen LogP contribution < -0.4 is 15.5 Å². The van der Waals surface area contributed by atoms with Crippen molar-refractivity contribution in [3.05, 3.63) is 76.0 Å². The van der Waals surface area contributed by atoms with Crippen molar-refractivity contribution < 1.29 is 14.3 Å². The van der Waals surface area contributed by atoms with Gasteiger partial charge in [-0.15, -0.1) is 0 Å². The molecular formula is C23H25N3O3. The number of anilines is 1. The molecule has 0 saturated carbocycles. The second-order valence-corrected chi connectivity index (χ2v) is 7.58. The van der Waals surface area contributed by atoms with Crippen LogP contribution in [0.4, 0.5) is 10.5 Å². The van der Waals surface area contributed by atoms with Crippen LogP contribution in [0.3, 0.4) is 0 Å². The van der Waals surface area contributed by atoms with E-state index in [2.05, 4.69) is 33.7 Å². The van der Waals surface area contributed by atoms with E-state index in [0.717, 1.165) is 35.3 Å². The van der Waals surface area contributed by atoms with Crippen LogP contribution in [0.25, 0.3) is 0 Å². The highest BCUT2D eigenvalue weighted by atomic mass is 16.5. The molecule has 6 nitrogen and oxygen atoms in total. The number of esters is 1. The van der Waals surface area contributed by atoms with Crippen molar-refractivity contribution in [2.24, 2.45) is 0 Å². The van der Waals surface area contributed by atoms with Crippen molar-refractivity contribution in [1.82, 2.24) is 10.6 Å². The maximum Gasteiger partial charge on any atom is 0.338 e. The lowest BCUT2D eigenvalue weighted by atomic mass is 9.91. The minimum atomic E-state index is -0.551. The molecule has 2 heterocycles. The summed E-state index contributed by atoms with van der Waals surface area (Å²) in [6.45, 7) is 5.29. The van der Waals surface area contributed by atoms with Crippen LogP contribution in [-0.4, -0.2) is 32.2 Å². The van der Waals surface area contributed by atoms with Gasteiger partial charge in [0.15, 0.2) is 0 Å².